The van der Waals surface area contributed by atoms with Gasteiger partial charge in [-0.05, 0) is 55.0 Å². The average molecular weight is 455 g/mol. The number of thiocarbonyl (C=S) groups is 1. The number of rotatable bonds is 3. The van der Waals surface area contributed by atoms with Crippen LogP contribution in [0.1, 0.15) is 15.9 Å². The molecule has 0 saturated carbocycles. The molecule has 1 saturated heterocycles. The fraction of sp³-hybridized carbons (Fsp3) is 0.261. The number of aryl methyl sites for hydroxylation is 1. The number of nitrogens with zero attached hydrogens (tertiary/aromatic N) is 3. The molecule has 2 aromatic carbocycles. The highest BCUT2D eigenvalue weighted by Gasteiger charge is 2.22. The Bertz CT molecular complexity index is 1150. The minimum atomic E-state index is -0.465. The number of benzene rings is 2. The first-order valence-corrected chi connectivity index (χ1v) is 10.8. The summed E-state index contributed by atoms with van der Waals surface area (Å²) < 4.78 is 4.72. The van der Waals surface area contributed by atoms with Crippen LogP contribution in [0.3, 0.4) is 0 Å². The highest BCUT2D eigenvalue weighted by molar-refractivity contribution is 7.80. The molecule has 0 amide bonds. The predicted molar refractivity (Wildman–Crippen MR) is 129 cm³/mol. The van der Waals surface area contributed by atoms with E-state index < -0.39 is 5.97 Å². The number of halogens is 1. The van der Waals surface area contributed by atoms with Gasteiger partial charge >= 0.3 is 5.97 Å². The first kappa shape index (κ1) is 21.3. The number of carbonyl (C=O) groups is 1. The molecule has 0 unspecified atom stereocenters. The van der Waals surface area contributed by atoms with Crippen molar-refractivity contribution in [3.8, 4) is 0 Å². The summed E-state index contributed by atoms with van der Waals surface area (Å²) in [6.07, 6.45) is 0. The van der Waals surface area contributed by atoms with Gasteiger partial charge in [-0.25, -0.2) is 9.78 Å². The van der Waals surface area contributed by atoms with Gasteiger partial charge in [0.1, 0.15) is 5.82 Å². The number of pyridine rings is 1. The number of aromatic nitrogens is 1. The summed E-state index contributed by atoms with van der Waals surface area (Å²) >= 11 is 11.8. The van der Waals surface area contributed by atoms with Crippen molar-refractivity contribution in [1.82, 2.24) is 9.88 Å². The summed E-state index contributed by atoms with van der Waals surface area (Å²) in [4.78, 5) is 21.0. The van der Waals surface area contributed by atoms with Crippen molar-refractivity contribution >= 4 is 57.3 Å². The summed E-state index contributed by atoms with van der Waals surface area (Å²) in [5.41, 5.74) is 3.24. The van der Waals surface area contributed by atoms with Gasteiger partial charge in [0, 0.05) is 37.3 Å². The number of fused-ring (bicyclic) bond motifs is 1. The lowest BCUT2D eigenvalue weighted by Gasteiger charge is -2.37. The molecule has 1 aromatic heterocycles. The monoisotopic (exact) mass is 454 g/mol. The summed E-state index contributed by atoms with van der Waals surface area (Å²) in [6, 6.07) is 15.5. The van der Waals surface area contributed by atoms with Gasteiger partial charge in [-0.1, -0.05) is 29.8 Å². The van der Waals surface area contributed by atoms with Crippen molar-refractivity contribution in [3.05, 3.63) is 64.7 Å². The molecule has 8 heteroatoms. The highest BCUT2D eigenvalue weighted by Crippen LogP contribution is 2.25. The number of methoxy groups -OCH3 is 1. The lowest BCUT2D eigenvalue weighted by Crippen LogP contribution is -2.50. The average Bonchev–Trinajstić information content (AvgIpc) is 2.78. The van der Waals surface area contributed by atoms with Gasteiger partial charge < -0.3 is 19.9 Å². The Kier molecular flexibility index (Phi) is 6.25. The predicted octanol–water partition coefficient (Wildman–Crippen LogP) is 4.50. The number of ether oxygens (including phenoxy) is 1. The molecule has 0 atom stereocenters. The maximum absolute atomic E-state index is 11.7. The quantitative estimate of drug-likeness (QED) is 0.461. The maximum atomic E-state index is 11.7. The third-order valence-corrected chi connectivity index (χ3v) is 6.05. The van der Waals surface area contributed by atoms with Crippen LogP contribution in [0.5, 0.6) is 0 Å². The van der Waals surface area contributed by atoms with Gasteiger partial charge in [0.05, 0.1) is 23.2 Å². The van der Waals surface area contributed by atoms with Gasteiger partial charge in [0.25, 0.3) is 0 Å². The van der Waals surface area contributed by atoms with E-state index in [-0.39, 0.29) is 0 Å². The molecule has 1 aliphatic heterocycles. The van der Waals surface area contributed by atoms with E-state index >= 15 is 0 Å². The van der Waals surface area contributed by atoms with Gasteiger partial charge in [0.15, 0.2) is 5.11 Å². The molecule has 6 nitrogen and oxygen atoms in total. The van der Waals surface area contributed by atoms with Gasteiger partial charge in [-0.2, -0.15) is 0 Å². The number of para-hydroxylation sites is 1. The second-order valence-corrected chi connectivity index (χ2v) is 8.21. The van der Waals surface area contributed by atoms with Crippen LogP contribution in [0.15, 0.2) is 48.5 Å². The van der Waals surface area contributed by atoms with E-state index in [1.165, 1.54) is 12.7 Å². The van der Waals surface area contributed by atoms with Crippen LogP contribution in [0, 0.1) is 6.92 Å². The second kappa shape index (κ2) is 9.08. The number of anilines is 2. The van der Waals surface area contributed by atoms with Gasteiger partial charge in [-0.3, -0.25) is 0 Å². The zero-order valence-electron chi connectivity index (χ0n) is 17.4. The molecular weight excluding hydrogens is 432 g/mol. The lowest BCUT2D eigenvalue weighted by molar-refractivity contribution is 0.0601. The van der Waals surface area contributed by atoms with Crippen LogP contribution < -0.4 is 10.2 Å². The second-order valence-electron chi connectivity index (χ2n) is 7.41. The lowest BCUT2D eigenvalue weighted by atomic mass is 10.1. The van der Waals surface area contributed by atoms with Crippen LogP contribution in [0.25, 0.3) is 10.9 Å². The van der Waals surface area contributed by atoms with Crippen molar-refractivity contribution in [2.45, 2.75) is 6.92 Å². The molecular formula is C23H23ClN4O2S. The summed E-state index contributed by atoms with van der Waals surface area (Å²) in [5.74, 6) is 0.565. The Labute approximate surface area is 191 Å². The Morgan fingerprint density at radius 1 is 1.13 bits per heavy atom. The fourth-order valence-electron chi connectivity index (χ4n) is 3.72. The van der Waals surface area contributed by atoms with Gasteiger partial charge in [0.2, 0.25) is 0 Å². The Morgan fingerprint density at radius 3 is 2.58 bits per heavy atom. The summed E-state index contributed by atoms with van der Waals surface area (Å²) in [7, 11) is 1.33. The molecule has 4 rings (SSSR count). The Hall–Kier alpha value is -2.90. The van der Waals surface area contributed by atoms with Crippen molar-refractivity contribution in [3.63, 3.8) is 0 Å². The zero-order chi connectivity index (χ0) is 22.0. The minimum absolute atomic E-state index is 0.322. The molecule has 1 fully saturated rings. The maximum Gasteiger partial charge on any atom is 0.339 e. The van der Waals surface area contributed by atoms with Crippen LogP contribution >= 0.6 is 23.8 Å². The fourth-order valence-corrected chi connectivity index (χ4v) is 4.28. The number of hydrogen-bond donors (Lipinski definition) is 1. The van der Waals surface area contributed by atoms with Crippen molar-refractivity contribution in [2.75, 3.05) is 43.5 Å². The van der Waals surface area contributed by atoms with Crippen LogP contribution in [0.4, 0.5) is 11.5 Å². The number of nitrogens with one attached hydrogen (secondary N) is 1. The van der Waals surface area contributed by atoms with E-state index in [4.69, 9.17) is 33.5 Å². The molecule has 0 aliphatic carbocycles. The summed E-state index contributed by atoms with van der Waals surface area (Å²) in [5, 5.41) is 5.32. The molecule has 31 heavy (non-hydrogen) atoms. The molecule has 0 bridgehead atoms. The topological polar surface area (TPSA) is 57.7 Å². The third-order valence-electron chi connectivity index (χ3n) is 5.38. The van der Waals surface area contributed by atoms with E-state index in [0.717, 1.165) is 48.6 Å². The highest BCUT2D eigenvalue weighted by atomic mass is 35.5. The number of piperazine rings is 1. The number of hydrogen-bond acceptors (Lipinski definition) is 5. The van der Waals surface area contributed by atoms with E-state index in [1.54, 1.807) is 18.2 Å². The minimum Gasteiger partial charge on any atom is -0.465 e. The van der Waals surface area contributed by atoms with E-state index in [1.807, 2.05) is 18.2 Å². The normalized spacial score (nSPS) is 13.9. The molecule has 0 spiro atoms. The van der Waals surface area contributed by atoms with Crippen molar-refractivity contribution in [1.29, 1.82) is 0 Å². The third kappa shape index (κ3) is 4.57. The molecule has 3 aromatic rings. The van der Waals surface area contributed by atoms with E-state index in [0.29, 0.717) is 15.7 Å². The molecule has 0 radical (unpaired) electrons. The summed E-state index contributed by atoms with van der Waals surface area (Å²) in [6.45, 7) is 5.34. The SMILES string of the molecule is COC(=O)c1ccc(NC(=S)N2CCN(c3nc4ccccc4cc3C)CC2)cc1Cl. The standard InChI is InChI=1S/C23H23ClN4O2S/c1-15-13-16-5-3-4-6-20(16)26-21(15)27-9-11-28(12-10-27)23(31)25-17-7-8-18(19(24)14-17)22(29)30-2/h3-8,13-14H,9-12H2,1-2H3,(H,25,31). The Balaban J connectivity index is 1.40. The van der Waals surface area contributed by atoms with Crippen LogP contribution in [-0.2, 0) is 4.74 Å². The Morgan fingerprint density at radius 2 is 1.87 bits per heavy atom. The molecule has 160 valence electrons. The number of esters is 1. The largest absolute Gasteiger partial charge is 0.465 e. The van der Waals surface area contributed by atoms with Crippen molar-refractivity contribution in [2.24, 2.45) is 0 Å². The number of carbonyl (C=O) groups excluding carboxylic acids is 1. The van der Waals surface area contributed by atoms with Gasteiger partial charge in [-0.15, -0.1) is 0 Å². The molecule has 1 aliphatic rings. The van der Waals surface area contributed by atoms with E-state index in [9.17, 15) is 4.79 Å². The molecule has 2 heterocycles. The van der Waals surface area contributed by atoms with E-state index in [2.05, 4.69) is 34.2 Å². The first-order valence-electron chi connectivity index (χ1n) is 10.0. The molecule has 1 N–H and O–H groups in total. The zero-order valence-corrected chi connectivity index (χ0v) is 19.0. The van der Waals surface area contributed by atoms with Crippen LogP contribution in [0.2, 0.25) is 5.02 Å². The smallest absolute Gasteiger partial charge is 0.339 e. The van der Waals surface area contributed by atoms with Crippen LogP contribution in [-0.4, -0.2) is 54.3 Å². The van der Waals surface area contributed by atoms with Crippen molar-refractivity contribution < 1.29 is 9.53 Å². The first-order chi connectivity index (χ1) is 15.0.